The number of hydrogen-bond donors (Lipinski definition) is 0. The van der Waals surface area contributed by atoms with Gasteiger partial charge in [-0.25, -0.2) is 0 Å². The third kappa shape index (κ3) is 3.23. The molecule has 0 unspecified atom stereocenters. The normalized spacial score (nSPS) is 13.9. The van der Waals surface area contributed by atoms with Gasteiger partial charge >= 0.3 is 0 Å². The van der Waals surface area contributed by atoms with Crippen molar-refractivity contribution in [2.24, 2.45) is 0 Å². The molecular weight excluding hydrogens is 508 g/mol. The van der Waals surface area contributed by atoms with Gasteiger partial charge in [0.15, 0.2) is 0 Å². The smallest absolute Gasteiger partial charge is 0.0590 e. The minimum absolute atomic E-state index is 0.360. The van der Waals surface area contributed by atoms with Crippen molar-refractivity contribution in [3.05, 3.63) is 127 Å². The highest BCUT2D eigenvalue weighted by atomic mass is 79.9. The van der Waals surface area contributed by atoms with Gasteiger partial charge in [-0.2, -0.15) is 0 Å². The summed E-state index contributed by atoms with van der Waals surface area (Å²) in [4.78, 5) is 0. The largest absolute Gasteiger partial charge is 0.0714 e. The molecule has 5 rings (SSSR count). The zero-order chi connectivity index (χ0) is 21.8. The summed E-state index contributed by atoms with van der Waals surface area (Å²) in [5.74, 6) is 0.510. The highest BCUT2D eigenvalue weighted by molar-refractivity contribution is 9.10. The molecule has 154 valence electrons. The van der Waals surface area contributed by atoms with Gasteiger partial charge in [-0.05, 0) is 76.1 Å². The van der Waals surface area contributed by atoms with Gasteiger partial charge in [-0.15, -0.1) is 0 Å². The van der Waals surface area contributed by atoms with E-state index in [2.05, 4.69) is 138 Å². The van der Waals surface area contributed by atoms with Crippen LogP contribution in [0, 0.1) is 6.92 Å². The fourth-order valence-electron chi connectivity index (χ4n) is 4.98. The summed E-state index contributed by atoms with van der Waals surface area (Å²) in [6.07, 6.45) is 0. The maximum absolute atomic E-state index is 3.75. The van der Waals surface area contributed by atoms with Crippen molar-refractivity contribution in [3.8, 4) is 11.1 Å². The zero-order valence-corrected chi connectivity index (χ0v) is 21.1. The molecule has 0 atom stereocenters. The molecule has 0 heterocycles. The molecule has 0 aliphatic heterocycles. The topological polar surface area (TPSA) is 0 Å². The number of halogens is 2. The summed E-state index contributed by atoms with van der Waals surface area (Å²) in [5.41, 5.74) is 10.1. The van der Waals surface area contributed by atoms with E-state index in [9.17, 15) is 0 Å². The standard InChI is InChI=1S/C29H24Br2/c1-18(2)20-6-10-22(11-7-20)29(21-8-4-19(3)5-9-21)27-16-23(30)12-14-25(27)26-15-13-24(31)17-28(26)29/h4-18H,1-3H3. The Morgan fingerprint density at radius 3 is 1.52 bits per heavy atom. The molecule has 0 aromatic heterocycles. The predicted molar refractivity (Wildman–Crippen MR) is 138 cm³/mol. The van der Waals surface area contributed by atoms with Crippen molar-refractivity contribution in [3.63, 3.8) is 0 Å². The van der Waals surface area contributed by atoms with Crippen LogP contribution in [0.5, 0.6) is 0 Å². The molecule has 0 N–H and O–H groups in total. The fourth-order valence-corrected chi connectivity index (χ4v) is 5.70. The first-order chi connectivity index (χ1) is 14.9. The zero-order valence-electron chi connectivity index (χ0n) is 17.9. The molecule has 31 heavy (non-hydrogen) atoms. The lowest BCUT2D eigenvalue weighted by Gasteiger charge is -2.34. The van der Waals surface area contributed by atoms with Gasteiger partial charge in [0.05, 0.1) is 5.41 Å². The van der Waals surface area contributed by atoms with Crippen molar-refractivity contribution in [1.29, 1.82) is 0 Å². The second kappa shape index (κ2) is 7.76. The van der Waals surface area contributed by atoms with Crippen LogP contribution in [0.3, 0.4) is 0 Å². The lowest BCUT2D eigenvalue weighted by Crippen LogP contribution is -2.28. The molecule has 0 bridgehead atoms. The minimum Gasteiger partial charge on any atom is -0.0590 e. The van der Waals surface area contributed by atoms with Gasteiger partial charge in [-0.1, -0.05) is 112 Å². The molecule has 1 aliphatic rings. The maximum atomic E-state index is 3.75. The maximum Gasteiger partial charge on any atom is 0.0714 e. The fraction of sp³-hybridized carbons (Fsp3) is 0.172. The number of fused-ring (bicyclic) bond motifs is 3. The second-order valence-corrected chi connectivity index (χ2v) is 10.6. The third-order valence-electron chi connectivity index (χ3n) is 6.56. The predicted octanol–water partition coefficient (Wildman–Crippen LogP) is 9.01. The summed E-state index contributed by atoms with van der Waals surface area (Å²) in [5, 5.41) is 0. The van der Waals surface area contributed by atoms with Crippen molar-refractivity contribution in [1.82, 2.24) is 0 Å². The highest BCUT2D eigenvalue weighted by Gasteiger charge is 2.46. The van der Waals surface area contributed by atoms with Crippen LogP contribution in [0.4, 0.5) is 0 Å². The summed E-state index contributed by atoms with van der Waals surface area (Å²) < 4.78 is 2.21. The van der Waals surface area contributed by atoms with Gasteiger partial charge in [0.1, 0.15) is 0 Å². The van der Waals surface area contributed by atoms with Crippen LogP contribution >= 0.6 is 31.9 Å². The van der Waals surface area contributed by atoms with Crippen LogP contribution < -0.4 is 0 Å². The van der Waals surface area contributed by atoms with E-state index in [0.717, 1.165) is 8.95 Å². The number of aryl methyl sites for hydroxylation is 1. The Morgan fingerprint density at radius 1 is 0.613 bits per heavy atom. The monoisotopic (exact) mass is 530 g/mol. The van der Waals surface area contributed by atoms with Crippen LogP contribution in [0.1, 0.15) is 53.1 Å². The van der Waals surface area contributed by atoms with Crippen molar-refractivity contribution in [2.45, 2.75) is 32.1 Å². The molecule has 4 aromatic carbocycles. The molecular formula is C29H24Br2. The first-order valence-corrected chi connectivity index (χ1v) is 12.3. The Bertz CT molecular complexity index is 1210. The van der Waals surface area contributed by atoms with Gasteiger partial charge in [0.25, 0.3) is 0 Å². The minimum atomic E-state index is -0.360. The lowest BCUT2D eigenvalue weighted by molar-refractivity contribution is 0.763. The molecule has 0 spiro atoms. The van der Waals surface area contributed by atoms with Crippen LogP contribution in [0.2, 0.25) is 0 Å². The summed E-state index contributed by atoms with van der Waals surface area (Å²) in [6, 6.07) is 31.7. The Kier molecular flexibility index (Phi) is 5.19. The van der Waals surface area contributed by atoms with Gasteiger partial charge in [-0.3, -0.25) is 0 Å². The van der Waals surface area contributed by atoms with E-state index >= 15 is 0 Å². The molecule has 0 radical (unpaired) electrons. The van der Waals surface area contributed by atoms with E-state index in [-0.39, 0.29) is 5.41 Å². The Hall–Kier alpha value is -2.16. The summed E-state index contributed by atoms with van der Waals surface area (Å²) >= 11 is 7.51. The molecule has 0 saturated heterocycles. The van der Waals surface area contributed by atoms with E-state index in [4.69, 9.17) is 0 Å². The highest BCUT2D eigenvalue weighted by Crippen LogP contribution is 2.57. The first kappa shape index (κ1) is 20.7. The van der Waals surface area contributed by atoms with E-state index < -0.39 is 0 Å². The molecule has 0 saturated carbocycles. The molecule has 0 amide bonds. The third-order valence-corrected chi connectivity index (χ3v) is 7.54. The SMILES string of the molecule is Cc1ccc(C2(c3ccc(C(C)C)cc3)c3cc(Br)ccc3-c3ccc(Br)cc32)cc1. The van der Waals surface area contributed by atoms with Crippen LogP contribution in [0.15, 0.2) is 93.9 Å². The number of rotatable bonds is 3. The Labute approximate surface area is 201 Å². The van der Waals surface area contributed by atoms with Crippen LogP contribution in [-0.2, 0) is 5.41 Å². The van der Waals surface area contributed by atoms with E-state index in [1.807, 2.05) is 0 Å². The molecule has 0 nitrogen and oxygen atoms in total. The van der Waals surface area contributed by atoms with Gasteiger partial charge in [0, 0.05) is 8.95 Å². The second-order valence-electron chi connectivity index (χ2n) is 8.77. The number of benzene rings is 4. The van der Waals surface area contributed by atoms with Crippen LogP contribution in [0.25, 0.3) is 11.1 Å². The molecule has 1 aliphatic carbocycles. The lowest BCUT2D eigenvalue weighted by atomic mass is 9.67. The molecule has 4 aromatic rings. The molecule has 0 fully saturated rings. The Morgan fingerprint density at radius 2 is 1.06 bits per heavy atom. The van der Waals surface area contributed by atoms with Crippen molar-refractivity contribution in [2.75, 3.05) is 0 Å². The summed E-state index contributed by atoms with van der Waals surface area (Å²) in [6.45, 7) is 6.65. The van der Waals surface area contributed by atoms with E-state index in [1.165, 1.54) is 44.5 Å². The summed E-state index contributed by atoms with van der Waals surface area (Å²) in [7, 11) is 0. The quantitative estimate of drug-likeness (QED) is 0.218. The van der Waals surface area contributed by atoms with Crippen LogP contribution in [-0.4, -0.2) is 0 Å². The molecule has 2 heteroatoms. The van der Waals surface area contributed by atoms with E-state index in [1.54, 1.807) is 0 Å². The average Bonchev–Trinajstić information content (AvgIpc) is 3.04. The van der Waals surface area contributed by atoms with Crippen molar-refractivity contribution < 1.29 is 0 Å². The average molecular weight is 532 g/mol. The van der Waals surface area contributed by atoms with Gasteiger partial charge in [0.2, 0.25) is 0 Å². The van der Waals surface area contributed by atoms with Crippen molar-refractivity contribution >= 4 is 31.9 Å². The first-order valence-electron chi connectivity index (χ1n) is 10.7. The van der Waals surface area contributed by atoms with Gasteiger partial charge < -0.3 is 0 Å². The Balaban J connectivity index is 1.92. The number of hydrogen-bond acceptors (Lipinski definition) is 0. The van der Waals surface area contributed by atoms with E-state index in [0.29, 0.717) is 5.92 Å².